The van der Waals surface area contributed by atoms with Crippen LogP contribution in [0.15, 0.2) is 0 Å². The molecule has 0 aromatic rings. The van der Waals surface area contributed by atoms with Gasteiger partial charge in [0.15, 0.2) is 0 Å². The van der Waals surface area contributed by atoms with Crippen LogP contribution in [0.25, 0.3) is 0 Å². The van der Waals surface area contributed by atoms with Gasteiger partial charge >= 0.3 is 0 Å². The molecule has 0 aliphatic carbocycles. The highest BCUT2D eigenvalue weighted by Gasteiger charge is 2.28. The van der Waals surface area contributed by atoms with Crippen molar-refractivity contribution in [2.24, 2.45) is 17.3 Å². The maximum Gasteiger partial charge on any atom is 0.127 e. The summed E-state index contributed by atoms with van der Waals surface area (Å²) in [6, 6.07) is 0. The Labute approximate surface area is 120 Å². The lowest BCUT2D eigenvalue weighted by atomic mass is 9.83. The highest BCUT2D eigenvalue weighted by atomic mass is 16.1. The summed E-state index contributed by atoms with van der Waals surface area (Å²) in [6.07, 6.45) is 5.55. The van der Waals surface area contributed by atoms with Crippen molar-refractivity contribution in [3.8, 4) is 0 Å². The van der Waals surface area contributed by atoms with Crippen molar-refractivity contribution < 1.29 is 4.79 Å². The second kappa shape index (κ2) is 9.52. The minimum Gasteiger partial charge on any atom is -0.303 e. The lowest BCUT2D eigenvalue weighted by Crippen LogP contribution is -2.40. The van der Waals surface area contributed by atoms with Crippen LogP contribution in [0.2, 0.25) is 0 Å². The third-order valence-corrected chi connectivity index (χ3v) is 4.24. The molecule has 114 valence electrons. The van der Waals surface area contributed by atoms with E-state index in [0.29, 0.717) is 0 Å². The van der Waals surface area contributed by atoms with E-state index in [0.717, 1.165) is 44.3 Å². The predicted octanol–water partition coefficient (Wildman–Crippen LogP) is 4.39. The molecule has 0 rings (SSSR count). The molecule has 0 N–H and O–H groups in total. The monoisotopic (exact) mass is 269 g/mol. The minimum atomic E-state index is -0.131. The van der Waals surface area contributed by atoms with Crippen molar-refractivity contribution in [2.45, 2.75) is 67.2 Å². The van der Waals surface area contributed by atoms with Gasteiger partial charge in [-0.25, -0.2) is 0 Å². The van der Waals surface area contributed by atoms with Crippen LogP contribution in [0.4, 0.5) is 0 Å². The van der Waals surface area contributed by atoms with Gasteiger partial charge in [-0.3, -0.25) is 0 Å². The van der Waals surface area contributed by atoms with Crippen LogP contribution in [0.1, 0.15) is 67.2 Å². The van der Waals surface area contributed by atoms with E-state index in [2.05, 4.69) is 46.4 Å². The SMILES string of the molecule is CCC(C=O)(CC)CN(CCC(C)C)CCC(C)C. The largest absolute Gasteiger partial charge is 0.303 e. The molecule has 0 atom stereocenters. The number of aldehydes is 1. The summed E-state index contributed by atoms with van der Waals surface area (Å²) in [4.78, 5) is 14.0. The summed E-state index contributed by atoms with van der Waals surface area (Å²) in [7, 11) is 0. The van der Waals surface area contributed by atoms with E-state index in [9.17, 15) is 4.79 Å². The van der Waals surface area contributed by atoms with Gasteiger partial charge in [0.1, 0.15) is 6.29 Å². The van der Waals surface area contributed by atoms with E-state index in [1.54, 1.807) is 0 Å². The van der Waals surface area contributed by atoms with Crippen molar-refractivity contribution in [1.29, 1.82) is 0 Å². The molecule has 19 heavy (non-hydrogen) atoms. The lowest BCUT2D eigenvalue weighted by Gasteiger charge is -2.33. The number of nitrogens with zero attached hydrogens (tertiary/aromatic N) is 1. The Morgan fingerprint density at radius 3 is 1.63 bits per heavy atom. The molecular weight excluding hydrogens is 234 g/mol. The van der Waals surface area contributed by atoms with Crippen LogP contribution in [0, 0.1) is 17.3 Å². The van der Waals surface area contributed by atoms with Gasteiger partial charge in [0.2, 0.25) is 0 Å². The average Bonchev–Trinajstić information content (AvgIpc) is 2.38. The molecule has 0 heterocycles. The fourth-order valence-electron chi connectivity index (χ4n) is 2.27. The number of hydrogen-bond donors (Lipinski definition) is 0. The summed E-state index contributed by atoms with van der Waals surface area (Å²) in [5, 5.41) is 0. The zero-order valence-electron chi connectivity index (χ0n) is 14.0. The Morgan fingerprint density at radius 1 is 0.947 bits per heavy atom. The van der Waals surface area contributed by atoms with Crippen molar-refractivity contribution in [2.75, 3.05) is 19.6 Å². The first-order valence-corrected chi connectivity index (χ1v) is 8.07. The first-order chi connectivity index (χ1) is 8.89. The normalized spacial score (nSPS) is 12.7. The van der Waals surface area contributed by atoms with E-state index in [-0.39, 0.29) is 5.41 Å². The molecule has 2 nitrogen and oxygen atoms in total. The Morgan fingerprint density at radius 2 is 1.37 bits per heavy atom. The van der Waals surface area contributed by atoms with Gasteiger partial charge < -0.3 is 9.69 Å². The molecule has 0 radical (unpaired) electrons. The van der Waals surface area contributed by atoms with Gasteiger partial charge in [0.05, 0.1) is 0 Å². The van der Waals surface area contributed by atoms with Gasteiger partial charge in [-0.05, 0) is 50.6 Å². The zero-order chi connectivity index (χ0) is 14.9. The van der Waals surface area contributed by atoms with Crippen LogP contribution in [-0.2, 0) is 4.79 Å². The van der Waals surface area contributed by atoms with Crippen LogP contribution < -0.4 is 0 Å². The van der Waals surface area contributed by atoms with Gasteiger partial charge in [-0.2, -0.15) is 0 Å². The molecule has 0 saturated carbocycles. The molecule has 0 unspecified atom stereocenters. The van der Waals surface area contributed by atoms with E-state index < -0.39 is 0 Å². The fraction of sp³-hybridized carbons (Fsp3) is 0.941. The number of hydrogen-bond acceptors (Lipinski definition) is 2. The maximum absolute atomic E-state index is 11.5. The van der Waals surface area contributed by atoms with E-state index >= 15 is 0 Å². The fourth-order valence-corrected chi connectivity index (χ4v) is 2.27. The topological polar surface area (TPSA) is 20.3 Å². The van der Waals surface area contributed by atoms with E-state index in [4.69, 9.17) is 0 Å². The Balaban J connectivity index is 4.56. The third kappa shape index (κ3) is 7.71. The molecule has 2 heteroatoms. The van der Waals surface area contributed by atoms with E-state index in [1.165, 1.54) is 19.1 Å². The minimum absolute atomic E-state index is 0.131. The molecule has 0 aromatic carbocycles. The zero-order valence-corrected chi connectivity index (χ0v) is 14.0. The Hall–Kier alpha value is -0.370. The predicted molar refractivity (Wildman–Crippen MR) is 84.4 cm³/mol. The molecule has 0 aliphatic rings. The number of carbonyl (C=O) groups excluding carboxylic acids is 1. The Kier molecular flexibility index (Phi) is 9.34. The summed E-state index contributed by atoms with van der Waals surface area (Å²) < 4.78 is 0. The van der Waals surface area contributed by atoms with E-state index in [1.807, 2.05) is 0 Å². The Bertz CT molecular complexity index is 219. The highest BCUT2D eigenvalue weighted by molar-refractivity contribution is 5.59. The van der Waals surface area contributed by atoms with Crippen LogP contribution in [-0.4, -0.2) is 30.8 Å². The number of carbonyl (C=O) groups is 1. The molecule has 0 aliphatic heterocycles. The quantitative estimate of drug-likeness (QED) is 0.519. The summed E-state index contributed by atoms with van der Waals surface area (Å²) in [5.41, 5.74) is -0.131. The molecule has 0 amide bonds. The third-order valence-electron chi connectivity index (χ3n) is 4.24. The molecule has 0 saturated heterocycles. The van der Waals surface area contributed by atoms with Gasteiger partial charge in [-0.1, -0.05) is 41.5 Å². The van der Waals surface area contributed by atoms with Crippen molar-refractivity contribution in [3.63, 3.8) is 0 Å². The molecule has 0 fully saturated rings. The van der Waals surface area contributed by atoms with Crippen molar-refractivity contribution >= 4 is 6.29 Å². The first kappa shape index (κ1) is 18.6. The molecule has 0 bridgehead atoms. The van der Waals surface area contributed by atoms with Crippen LogP contribution in [0.3, 0.4) is 0 Å². The van der Waals surface area contributed by atoms with Crippen molar-refractivity contribution in [1.82, 2.24) is 4.90 Å². The standard InChI is InChI=1S/C17H35NO/c1-7-17(8-2,14-19)13-18(11-9-15(3)4)12-10-16(5)6/h14-16H,7-13H2,1-6H3. The second-order valence-corrected chi connectivity index (χ2v) is 6.83. The lowest BCUT2D eigenvalue weighted by molar-refractivity contribution is -0.117. The second-order valence-electron chi connectivity index (χ2n) is 6.83. The molecular formula is C17H35NO. The van der Waals surface area contributed by atoms with Gasteiger partial charge in [0, 0.05) is 12.0 Å². The molecule has 0 spiro atoms. The molecule has 0 aromatic heterocycles. The summed E-state index contributed by atoms with van der Waals surface area (Å²) >= 11 is 0. The van der Waals surface area contributed by atoms with Crippen LogP contribution in [0.5, 0.6) is 0 Å². The highest BCUT2D eigenvalue weighted by Crippen LogP contribution is 2.25. The summed E-state index contributed by atoms with van der Waals surface area (Å²) in [5.74, 6) is 1.46. The maximum atomic E-state index is 11.5. The smallest absolute Gasteiger partial charge is 0.127 e. The first-order valence-electron chi connectivity index (χ1n) is 8.07. The average molecular weight is 269 g/mol. The van der Waals surface area contributed by atoms with Gasteiger partial charge in [0.25, 0.3) is 0 Å². The number of rotatable bonds is 11. The van der Waals surface area contributed by atoms with Crippen LogP contribution >= 0.6 is 0 Å². The van der Waals surface area contributed by atoms with Crippen molar-refractivity contribution in [3.05, 3.63) is 0 Å². The van der Waals surface area contributed by atoms with Gasteiger partial charge in [-0.15, -0.1) is 0 Å². The summed E-state index contributed by atoms with van der Waals surface area (Å²) in [6.45, 7) is 16.5.